The van der Waals surface area contributed by atoms with E-state index in [0.717, 1.165) is 6.07 Å². The Hall–Kier alpha value is -2.36. The maximum absolute atomic E-state index is 12.8. The summed E-state index contributed by atoms with van der Waals surface area (Å²) in [5, 5.41) is 22.0. The molecular weight excluding hydrogens is 319 g/mol. The van der Waals surface area contributed by atoms with Crippen molar-refractivity contribution in [3.05, 3.63) is 33.9 Å². The van der Waals surface area contributed by atoms with Crippen molar-refractivity contribution < 1.29 is 28.0 Å². The molecule has 0 aliphatic carbocycles. The van der Waals surface area contributed by atoms with Gasteiger partial charge >= 0.3 is 12.2 Å². The molecule has 0 aromatic heterocycles. The second-order valence-electron chi connectivity index (χ2n) is 4.98. The summed E-state index contributed by atoms with van der Waals surface area (Å²) < 4.78 is 38.5. The fraction of sp³-hybridized carbons (Fsp3) is 0.462. The number of benzene rings is 1. The number of carbonyl (C=O) groups is 1. The van der Waals surface area contributed by atoms with Crippen molar-refractivity contribution in [2.75, 3.05) is 18.9 Å². The molecule has 1 unspecified atom stereocenters. The number of amides is 2. The standard InChI is InChI=1S/C13H16F3N3O4/c1-8(20)5-6-18(2)12(21)17-9-3-4-11(19(22)23)10(7-9)13(14,15)16/h3-4,7-8,20H,5-6H2,1-2H3,(H,17,21). The van der Waals surface area contributed by atoms with Gasteiger partial charge in [-0.1, -0.05) is 0 Å². The number of halogens is 3. The highest BCUT2D eigenvalue weighted by molar-refractivity contribution is 5.89. The molecule has 1 atom stereocenters. The average molecular weight is 335 g/mol. The van der Waals surface area contributed by atoms with Crippen molar-refractivity contribution in [3.8, 4) is 0 Å². The number of nitrogens with zero attached hydrogens (tertiary/aromatic N) is 2. The number of nitrogens with one attached hydrogen (secondary N) is 1. The van der Waals surface area contributed by atoms with Crippen LogP contribution in [0.25, 0.3) is 0 Å². The zero-order chi connectivity index (χ0) is 17.8. The smallest absolute Gasteiger partial charge is 0.393 e. The minimum atomic E-state index is -4.92. The predicted octanol–water partition coefficient (Wildman–Crippen LogP) is 2.85. The van der Waals surface area contributed by atoms with Crippen LogP contribution in [0.15, 0.2) is 18.2 Å². The van der Waals surface area contributed by atoms with Crippen LogP contribution in [0, 0.1) is 10.1 Å². The Kier molecular flexibility index (Phi) is 5.91. The maximum Gasteiger partial charge on any atom is 0.423 e. The molecule has 0 fully saturated rings. The number of hydrogen-bond acceptors (Lipinski definition) is 4. The number of nitro benzene ring substituents is 1. The van der Waals surface area contributed by atoms with Crippen LogP contribution in [0.1, 0.15) is 18.9 Å². The van der Waals surface area contributed by atoms with Gasteiger partial charge in [0.2, 0.25) is 0 Å². The van der Waals surface area contributed by atoms with E-state index in [1.54, 1.807) is 0 Å². The number of aliphatic hydroxyl groups excluding tert-OH is 1. The zero-order valence-electron chi connectivity index (χ0n) is 12.4. The van der Waals surface area contributed by atoms with Gasteiger partial charge in [-0.2, -0.15) is 13.2 Å². The monoisotopic (exact) mass is 335 g/mol. The predicted molar refractivity (Wildman–Crippen MR) is 76.0 cm³/mol. The number of hydrogen-bond donors (Lipinski definition) is 2. The first kappa shape index (κ1) is 18.7. The quantitative estimate of drug-likeness (QED) is 0.639. The molecule has 0 saturated carbocycles. The number of nitro groups is 1. The summed E-state index contributed by atoms with van der Waals surface area (Å²) in [6.45, 7) is 1.74. The van der Waals surface area contributed by atoms with Gasteiger partial charge in [-0.15, -0.1) is 0 Å². The van der Waals surface area contributed by atoms with Crippen molar-refractivity contribution in [2.24, 2.45) is 0 Å². The van der Waals surface area contributed by atoms with E-state index in [0.29, 0.717) is 18.6 Å². The molecule has 2 amide bonds. The van der Waals surface area contributed by atoms with E-state index < -0.39 is 34.5 Å². The molecule has 0 bridgehead atoms. The van der Waals surface area contributed by atoms with E-state index in [2.05, 4.69) is 5.32 Å². The number of urea groups is 1. The Labute approximate surface area is 129 Å². The van der Waals surface area contributed by atoms with Gasteiger partial charge in [0.05, 0.1) is 11.0 Å². The van der Waals surface area contributed by atoms with Gasteiger partial charge in [0.15, 0.2) is 0 Å². The normalized spacial score (nSPS) is 12.6. The first-order chi connectivity index (χ1) is 10.5. The molecule has 0 aliphatic rings. The van der Waals surface area contributed by atoms with Crippen molar-refractivity contribution in [2.45, 2.75) is 25.6 Å². The second kappa shape index (κ2) is 7.27. The Balaban J connectivity index is 2.93. The van der Waals surface area contributed by atoms with Gasteiger partial charge in [-0.25, -0.2) is 4.79 Å². The third kappa shape index (κ3) is 5.40. The highest BCUT2D eigenvalue weighted by Gasteiger charge is 2.38. The highest BCUT2D eigenvalue weighted by atomic mass is 19.4. The molecule has 128 valence electrons. The summed E-state index contributed by atoms with van der Waals surface area (Å²) in [5.74, 6) is 0. The minimum Gasteiger partial charge on any atom is -0.393 e. The Morgan fingerprint density at radius 1 is 1.48 bits per heavy atom. The SMILES string of the molecule is CC(O)CCN(C)C(=O)Nc1ccc([N+](=O)[O-])c(C(F)(F)F)c1. The summed E-state index contributed by atoms with van der Waals surface area (Å²) in [5.41, 5.74) is -2.73. The van der Waals surface area contributed by atoms with Crippen molar-refractivity contribution >= 4 is 17.4 Å². The van der Waals surface area contributed by atoms with Gasteiger partial charge in [0, 0.05) is 25.3 Å². The van der Waals surface area contributed by atoms with Gasteiger partial charge in [-0.3, -0.25) is 10.1 Å². The first-order valence-corrected chi connectivity index (χ1v) is 6.58. The van der Waals surface area contributed by atoms with Crippen LogP contribution in [0.3, 0.4) is 0 Å². The number of aliphatic hydroxyl groups is 1. The lowest BCUT2D eigenvalue weighted by molar-refractivity contribution is -0.388. The van der Waals surface area contributed by atoms with Crippen LogP contribution >= 0.6 is 0 Å². The minimum absolute atomic E-state index is 0.197. The Morgan fingerprint density at radius 3 is 2.57 bits per heavy atom. The second-order valence-corrected chi connectivity index (χ2v) is 4.98. The lowest BCUT2D eigenvalue weighted by atomic mass is 10.1. The van der Waals surface area contributed by atoms with E-state index in [4.69, 9.17) is 5.11 Å². The fourth-order valence-corrected chi connectivity index (χ4v) is 1.70. The summed E-state index contributed by atoms with van der Waals surface area (Å²) >= 11 is 0. The van der Waals surface area contributed by atoms with Crippen LogP contribution in [-0.2, 0) is 6.18 Å². The summed E-state index contributed by atoms with van der Waals surface area (Å²) in [6, 6.07) is 1.54. The molecule has 0 aliphatic heterocycles. The third-order valence-corrected chi connectivity index (χ3v) is 2.98. The third-order valence-electron chi connectivity index (χ3n) is 2.98. The molecular formula is C13H16F3N3O4. The molecule has 1 aromatic rings. The fourth-order valence-electron chi connectivity index (χ4n) is 1.70. The lowest BCUT2D eigenvalue weighted by Gasteiger charge is -2.19. The number of anilines is 1. The van der Waals surface area contributed by atoms with E-state index >= 15 is 0 Å². The van der Waals surface area contributed by atoms with Crippen LogP contribution < -0.4 is 5.32 Å². The lowest BCUT2D eigenvalue weighted by Crippen LogP contribution is -2.33. The molecule has 0 spiro atoms. The Morgan fingerprint density at radius 2 is 2.09 bits per heavy atom. The van der Waals surface area contributed by atoms with Gasteiger partial charge in [0.25, 0.3) is 5.69 Å². The van der Waals surface area contributed by atoms with Crippen molar-refractivity contribution in [3.63, 3.8) is 0 Å². The van der Waals surface area contributed by atoms with Crippen LogP contribution in [0.4, 0.5) is 29.3 Å². The molecule has 1 rings (SSSR count). The number of alkyl halides is 3. The summed E-state index contributed by atoms with van der Waals surface area (Å²) in [6.07, 6.45) is -5.24. The molecule has 0 saturated heterocycles. The largest absolute Gasteiger partial charge is 0.423 e. The zero-order valence-corrected chi connectivity index (χ0v) is 12.4. The summed E-state index contributed by atoms with van der Waals surface area (Å²) in [7, 11) is 1.41. The average Bonchev–Trinajstić information content (AvgIpc) is 2.43. The topological polar surface area (TPSA) is 95.7 Å². The van der Waals surface area contributed by atoms with Gasteiger partial charge < -0.3 is 15.3 Å². The maximum atomic E-state index is 12.8. The van der Waals surface area contributed by atoms with Crippen LogP contribution in [0.2, 0.25) is 0 Å². The number of rotatable bonds is 5. The summed E-state index contributed by atoms with van der Waals surface area (Å²) in [4.78, 5) is 22.5. The number of carbonyl (C=O) groups excluding carboxylic acids is 1. The van der Waals surface area contributed by atoms with E-state index in [-0.39, 0.29) is 12.2 Å². The molecule has 0 heterocycles. The van der Waals surface area contributed by atoms with E-state index in [1.165, 1.54) is 18.9 Å². The first-order valence-electron chi connectivity index (χ1n) is 6.58. The van der Waals surface area contributed by atoms with Gasteiger partial charge in [0.1, 0.15) is 5.56 Å². The molecule has 2 N–H and O–H groups in total. The van der Waals surface area contributed by atoms with E-state index in [9.17, 15) is 28.1 Å². The van der Waals surface area contributed by atoms with Crippen molar-refractivity contribution in [1.29, 1.82) is 0 Å². The molecule has 7 nitrogen and oxygen atoms in total. The van der Waals surface area contributed by atoms with Gasteiger partial charge in [-0.05, 0) is 25.5 Å². The molecule has 10 heteroatoms. The van der Waals surface area contributed by atoms with Crippen LogP contribution in [-0.4, -0.2) is 40.7 Å². The Bertz CT molecular complexity index is 590. The van der Waals surface area contributed by atoms with E-state index in [1.807, 2.05) is 0 Å². The molecule has 0 radical (unpaired) electrons. The van der Waals surface area contributed by atoms with Crippen molar-refractivity contribution in [1.82, 2.24) is 4.90 Å². The highest BCUT2D eigenvalue weighted by Crippen LogP contribution is 2.37. The molecule has 1 aromatic carbocycles. The van der Waals surface area contributed by atoms with Crippen LogP contribution in [0.5, 0.6) is 0 Å². The molecule has 23 heavy (non-hydrogen) atoms.